The Morgan fingerprint density at radius 1 is 1.28 bits per heavy atom. The van der Waals surface area contributed by atoms with Crippen LogP contribution >= 0.6 is 0 Å². The molecule has 1 N–H and O–H groups in total. The zero-order valence-electron chi connectivity index (χ0n) is 12.3. The predicted molar refractivity (Wildman–Crippen MR) is 76.8 cm³/mol. The number of rotatable bonds is 4. The molecular weight excluding hydrogens is 220 g/mol. The van der Waals surface area contributed by atoms with Crippen LogP contribution in [0, 0.1) is 5.92 Å². The summed E-state index contributed by atoms with van der Waals surface area (Å²) in [6.07, 6.45) is 11.4. The molecule has 2 aliphatic carbocycles. The highest BCUT2D eigenvalue weighted by molar-refractivity contribution is 5.05. The highest BCUT2D eigenvalue weighted by Crippen LogP contribution is 2.42. The van der Waals surface area contributed by atoms with E-state index in [-0.39, 0.29) is 0 Å². The van der Waals surface area contributed by atoms with Gasteiger partial charge in [-0.1, -0.05) is 26.2 Å². The van der Waals surface area contributed by atoms with Crippen molar-refractivity contribution >= 4 is 0 Å². The van der Waals surface area contributed by atoms with Crippen molar-refractivity contribution < 1.29 is 0 Å². The van der Waals surface area contributed by atoms with Crippen molar-refractivity contribution in [3.63, 3.8) is 0 Å². The van der Waals surface area contributed by atoms with Gasteiger partial charge in [0.1, 0.15) is 0 Å². The molecule has 2 atom stereocenters. The highest BCUT2D eigenvalue weighted by atomic mass is 15.3. The fourth-order valence-electron chi connectivity index (χ4n) is 4.43. The van der Waals surface area contributed by atoms with Crippen molar-refractivity contribution in [2.75, 3.05) is 13.1 Å². The van der Waals surface area contributed by atoms with Crippen LogP contribution in [0.1, 0.15) is 65.2 Å². The van der Waals surface area contributed by atoms with Gasteiger partial charge in [0.2, 0.25) is 0 Å². The molecule has 3 aliphatic rings. The van der Waals surface area contributed by atoms with Crippen molar-refractivity contribution in [2.45, 2.75) is 82.8 Å². The maximum atomic E-state index is 3.90. The zero-order chi connectivity index (χ0) is 12.6. The Morgan fingerprint density at radius 2 is 2.00 bits per heavy atom. The molecule has 0 aromatic carbocycles. The minimum absolute atomic E-state index is 0.528. The standard InChI is InChI=1S/C16H30N2/c1-3-6-13(2)18-11-15(14-7-8-14)17-12-16(18)9-4-5-10-16/h13-15,17H,3-12H2,1-2H3. The first-order chi connectivity index (χ1) is 8.75. The van der Waals surface area contributed by atoms with Crippen molar-refractivity contribution in [3.05, 3.63) is 0 Å². The molecule has 18 heavy (non-hydrogen) atoms. The Balaban J connectivity index is 1.72. The molecule has 104 valence electrons. The molecule has 2 saturated carbocycles. The Bertz CT molecular complexity index is 279. The van der Waals surface area contributed by atoms with Gasteiger partial charge in [-0.3, -0.25) is 4.90 Å². The van der Waals surface area contributed by atoms with Gasteiger partial charge in [-0.15, -0.1) is 0 Å². The largest absolute Gasteiger partial charge is 0.311 e. The molecule has 2 heteroatoms. The predicted octanol–water partition coefficient (Wildman–Crippen LogP) is 3.17. The van der Waals surface area contributed by atoms with Gasteiger partial charge < -0.3 is 5.32 Å². The van der Waals surface area contributed by atoms with Gasteiger partial charge in [-0.25, -0.2) is 0 Å². The van der Waals surface area contributed by atoms with Crippen LogP contribution in [0.4, 0.5) is 0 Å². The first kappa shape index (κ1) is 12.9. The second-order valence-electron chi connectivity index (χ2n) is 7.05. The fraction of sp³-hybridized carbons (Fsp3) is 1.00. The highest BCUT2D eigenvalue weighted by Gasteiger charge is 2.47. The van der Waals surface area contributed by atoms with Crippen LogP contribution in [0.25, 0.3) is 0 Å². The Hall–Kier alpha value is -0.0800. The number of nitrogens with zero attached hydrogens (tertiary/aromatic N) is 1. The average molecular weight is 250 g/mol. The summed E-state index contributed by atoms with van der Waals surface area (Å²) in [6, 6.07) is 1.59. The summed E-state index contributed by atoms with van der Waals surface area (Å²) in [7, 11) is 0. The van der Waals surface area contributed by atoms with Gasteiger partial charge in [-0.05, 0) is 44.9 Å². The Morgan fingerprint density at radius 3 is 2.61 bits per heavy atom. The lowest BCUT2D eigenvalue weighted by molar-refractivity contribution is 0.00396. The summed E-state index contributed by atoms with van der Waals surface area (Å²) < 4.78 is 0. The van der Waals surface area contributed by atoms with Gasteiger partial charge in [0, 0.05) is 30.7 Å². The first-order valence-electron chi connectivity index (χ1n) is 8.25. The first-order valence-corrected chi connectivity index (χ1v) is 8.25. The molecule has 1 saturated heterocycles. The van der Waals surface area contributed by atoms with E-state index in [1.807, 2.05) is 0 Å². The van der Waals surface area contributed by atoms with Crippen LogP contribution in [0.5, 0.6) is 0 Å². The maximum absolute atomic E-state index is 3.90. The van der Waals surface area contributed by atoms with E-state index in [0.717, 1.165) is 18.0 Å². The molecule has 3 rings (SSSR count). The van der Waals surface area contributed by atoms with E-state index in [0.29, 0.717) is 5.54 Å². The minimum Gasteiger partial charge on any atom is -0.311 e. The second-order valence-corrected chi connectivity index (χ2v) is 7.05. The molecule has 0 amide bonds. The monoisotopic (exact) mass is 250 g/mol. The van der Waals surface area contributed by atoms with Crippen LogP contribution in [-0.2, 0) is 0 Å². The van der Waals surface area contributed by atoms with Crippen molar-refractivity contribution in [1.29, 1.82) is 0 Å². The maximum Gasteiger partial charge on any atom is 0.0337 e. The van der Waals surface area contributed by atoms with E-state index in [1.54, 1.807) is 0 Å². The summed E-state index contributed by atoms with van der Waals surface area (Å²) in [5.41, 5.74) is 0.528. The van der Waals surface area contributed by atoms with E-state index < -0.39 is 0 Å². The van der Waals surface area contributed by atoms with Gasteiger partial charge in [-0.2, -0.15) is 0 Å². The topological polar surface area (TPSA) is 15.3 Å². The zero-order valence-corrected chi connectivity index (χ0v) is 12.3. The lowest BCUT2D eigenvalue weighted by atomic mass is 9.87. The smallest absolute Gasteiger partial charge is 0.0337 e. The number of hydrogen-bond acceptors (Lipinski definition) is 2. The summed E-state index contributed by atoms with van der Waals surface area (Å²) in [6.45, 7) is 7.39. The van der Waals surface area contributed by atoms with E-state index in [2.05, 4.69) is 24.1 Å². The average Bonchev–Trinajstić information content (AvgIpc) is 3.12. The van der Waals surface area contributed by atoms with Crippen LogP contribution in [0.15, 0.2) is 0 Å². The number of nitrogens with one attached hydrogen (secondary N) is 1. The van der Waals surface area contributed by atoms with E-state index in [9.17, 15) is 0 Å². The van der Waals surface area contributed by atoms with Crippen LogP contribution in [-0.4, -0.2) is 35.6 Å². The fourth-order valence-corrected chi connectivity index (χ4v) is 4.43. The summed E-state index contributed by atoms with van der Waals surface area (Å²) in [5, 5.41) is 3.90. The second kappa shape index (κ2) is 5.13. The van der Waals surface area contributed by atoms with Crippen molar-refractivity contribution in [3.8, 4) is 0 Å². The molecule has 0 aromatic heterocycles. The molecule has 1 heterocycles. The third kappa shape index (κ3) is 2.34. The van der Waals surface area contributed by atoms with E-state index in [1.165, 1.54) is 64.5 Å². The third-order valence-electron chi connectivity index (χ3n) is 5.66. The summed E-state index contributed by atoms with van der Waals surface area (Å²) in [4.78, 5) is 2.92. The van der Waals surface area contributed by atoms with Crippen molar-refractivity contribution in [1.82, 2.24) is 10.2 Å². The number of hydrogen-bond donors (Lipinski definition) is 1. The van der Waals surface area contributed by atoms with E-state index in [4.69, 9.17) is 0 Å². The normalized spacial score (nSPS) is 34.0. The van der Waals surface area contributed by atoms with Crippen LogP contribution < -0.4 is 5.32 Å². The lowest BCUT2D eigenvalue weighted by Crippen LogP contribution is -2.66. The lowest BCUT2D eigenvalue weighted by Gasteiger charge is -2.51. The molecule has 3 fully saturated rings. The van der Waals surface area contributed by atoms with Gasteiger partial charge in [0.15, 0.2) is 0 Å². The van der Waals surface area contributed by atoms with Gasteiger partial charge in [0.05, 0.1) is 0 Å². The molecule has 0 aromatic rings. The number of piperazine rings is 1. The molecule has 0 radical (unpaired) electrons. The van der Waals surface area contributed by atoms with Gasteiger partial charge >= 0.3 is 0 Å². The quantitative estimate of drug-likeness (QED) is 0.824. The molecule has 2 nitrogen and oxygen atoms in total. The third-order valence-corrected chi connectivity index (χ3v) is 5.66. The minimum atomic E-state index is 0.528. The van der Waals surface area contributed by atoms with Crippen LogP contribution in [0.2, 0.25) is 0 Å². The SMILES string of the molecule is CCCC(C)N1CC(C2CC2)NCC12CCCC2. The molecular formula is C16H30N2. The van der Waals surface area contributed by atoms with Gasteiger partial charge in [0.25, 0.3) is 0 Å². The molecule has 2 unspecified atom stereocenters. The molecule has 0 bridgehead atoms. The Kier molecular flexibility index (Phi) is 3.68. The molecule has 1 spiro atoms. The summed E-state index contributed by atoms with van der Waals surface area (Å²) >= 11 is 0. The Labute approximate surface area is 113 Å². The summed E-state index contributed by atoms with van der Waals surface area (Å²) in [5.74, 6) is 1.00. The van der Waals surface area contributed by atoms with E-state index >= 15 is 0 Å². The molecule has 1 aliphatic heterocycles. The van der Waals surface area contributed by atoms with Crippen molar-refractivity contribution in [2.24, 2.45) is 5.92 Å². The van der Waals surface area contributed by atoms with Crippen LogP contribution in [0.3, 0.4) is 0 Å².